The van der Waals surface area contributed by atoms with Crippen molar-refractivity contribution in [2.45, 2.75) is 70.4 Å². The van der Waals surface area contributed by atoms with Gasteiger partial charge in [-0.1, -0.05) is 20.8 Å². The minimum absolute atomic E-state index is 0.0331. The highest BCUT2D eigenvalue weighted by Crippen LogP contribution is 2.43. The van der Waals surface area contributed by atoms with Gasteiger partial charge in [-0.3, -0.25) is 9.36 Å². The number of rotatable bonds is 10. The molecule has 4 heterocycles. The fourth-order valence-corrected chi connectivity index (χ4v) is 5.00. The molecule has 0 aliphatic heterocycles. The lowest BCUT2D eigenvalue weighted by atomic mass is 10.1. The minimum Gasteiger partial charge on any atom is -0.358 e. The van der Waals surface area contributed by atoms with Crippen molar-refractivity contribution in [2.24, 2.45) is 0 Å². The first-order chi connectivity index (χ1) is 18.4. The van der Waals surface area contributed by atoms with Gasteiger partial charge >= 0.3 is 0 Å². The molecule has 0 unspecified atom stereocenters. The van der Waals surface area contributed by atoms with Crippen LogP contribution < -0.4 is 10.9 Å². The Bertz CT molecular complexity index is 1650. The van der Waals surface area contributed by atoms with E-state index in [2.05, 4.69) is 35.2 Å². The molecule has 0 amide bonds. The summed E-state index contributed by atoms with van der Waals surface area (Å²) in [6, 6.07) is 0. The molecule has 1 N–H and O–H groups in total. The van der Waals surface area contributed by atoms with Gasteiger partial charge in [-0.15, -0.1) is 0 Å². The van der Waals surface area contributed by atoms with Crippen molar-refractivity contribution in [3.05, 3.63) is 52.5 Å². The summed E-state index contributed by atoms with van der Waals surface area (Å²) in [5.74, 6) is 1.30. The van der Waals surface area contributed by atoms with E-state index in [4.69, 9.17) is 4.98 Å². The first-order valence-corrected chi connectivity index (χ1v) is 14.4. The maximum atomic E-state index is 13.4. The van der Waals surface area contributed by atoms with Crippen LogP contribution in [0.15, 0.2) is 34.6 Å². The SMILES string of the molecule is CCCn1c(=O)c(NCc2ncc(S(=O)(=O)CC)cn2)nc2cnc(-c3c(CC)ncnc3C3CC3)nc21. The van der Waals surface area contributed by atoms with Gasteiger partial charge in [0.15, 0.2) is 27.1 Å². The third-order valence-electron chi connectivity index (χ3n) is 6.45. The molecule has 198 valence electrons. The van der Waals surface area contributed by atoms with Crippen LogP contribution in [-0.2, 0) is 29.3 Å². The Morgan fingerprint density at radius 2 is 1.76 bits per heavy atom. The lowest BCUT2D eigenvalue weighted by Crippen LogP contribution is -2.26. The fraction of sp³-hybridized carbons (Fsp3) is 0.440. The maximum absolute atomic E-state index is 13.4. The van der Waals surface area contributed by atoms with Crippen LogP contribution in [0.3, 0.4) is 0 Å². The van der Waals surface area contributed by atoms with Gasteiger partial charge in [0.2, 0.25) is 0 Å². The Balaban J connectivity index is 1.50. The summed E-state index contributed by atoms with van der Waals surface area (Å²) < 4.78 is 25.6. The summed E-state index contributed by atoms with van der Waals surface area (Å²) >= 11 is 0. The normalized spacial score (nSPS) is 13.7. The van der Waals surface area contributed by atoms with Gasteiger partial charge in [0.1, 0.15) is 22.6 Å². The van der Waals surface area contributed by atoms with E-state index in [0.29, 0.717) is 35.3 Å². The first-order valence-electron chi connectivity index (χ1n) is 12.8. The summed E-state index contributed by atoms with van der Waals surface area (Å²) in [5.41, 5.74) is 3.29. The van der Waals surface area contributed by atoms with Crippen molar-refractivity contribution in [3.8, 4) is 11.4 Å². The molecule has 38 heavy (non-hydrogen) atoms. The van der Waals surface area contributed by atoms with E-state index >= 15 is 0 Å². The molecule has 0 saturated heterocycles. The van der Waals surface area contributed by atoms with Crippen molar-refractivity contribution in [1.29, 1.82) is 0 Å². The van der Waals surface area contributed by atoms with Crippen molar-refractivity contribution in [3.63, 3.8) is 0 Å². The van der Waals surface area contributed by atoms with Crippen LogP contribution in [0.1, 0.15) is 63.2 Å². The summed E-state index contributed by atoms with van der Waals surface area (Å²) in [6.45, 7) is 6.13. The molecule has 12 nitrogen and oxygen atoms in total. The highest BCUT2D eigenvalue weighted by molar-refractivity contribution is 7.91. The molecular formula is C25H29N9O3S. The van der Waals surface area contributed by atoms with E-state index in [1.54, 1.807) is 24.0 Å². The predicted molar refractivity (Wildman–Crippen MR) is 141 cm³/mol. The molecule has 0 bridgehead atoms. The number of anilines is 1. The topological polar surface area (TPSA) is 158 Å². The number of nitrogens with one attached hydrogen (secondary N) is 1. The molecule has 0 aromatic carbocycles. The van der Waals surface area contributed by atoms with Gasteiger partial charge in [0.25, 0.3) is 5.56 Å². The van der Waals surface area contributed by atoms with Crippen molar-refractivity contribution in [1.82, 2.24) is 39.5 Å². The van der Waals surface area contributed by atoms with Crippen LogP contribution in [0.2, 0.25) is 0 Å². The Labute approximate surface area is 220 Å². The van der Waals surface area contributed by atoms with Crippen LogP contribution in [0.5, 0.6) is 0 Å². The first kappa shape index (κ1) is 25.8. The zero-order valence-corrected chi connectivity index (χ0v) is 22.4. The van der Waals surface area contributed by atoms with E-state index < -0.39 is 9.84 Å². The average molecular weight is 536 g/mol. The molecule has 1 aliphatic carbocycles. The molecule has 13 heteroatoms. The second-order valence-corrected chi connectivity index (χ2v) is 11.4. The van der Waals surface area contributed by atoms with Gasteiger partial charge in [-0.25, -0.2) is 43.3 Å². The number of aromatic nitrogens is 8. The Morgan fingerprint density at radius 3 is 2.42 bits per heavy atom. The van der Waals surface area contributed by atoms with Crippen molar-refractivity contribution in [2.75, 3.05) is 11.1 Å². The molecule has 4 aromatic rings. The van der Waals surface area contributed by atoms with Crippen LogP contribution in [0.25, 0.3) is 22.6 Å². The highest BCUT2D eigenvalue weighted by atomic mass is 32.2. The van der Waals surface area contributed by atoms with Gasteiger partial charge in [-0.2, -0.15) is 0 Å². The molecule has 1 fully saturated rings. The van der Waals surface area contributed by atoms with Crippen LogP contribution >= 0.6 is 0 Å². The maximum Gasteiger partial charge on any atom is 0.294 e. The van der Waals surface area contributed by atoms with Crippen molar-refractivity contribution >= 4 is 26.8 Å². The van der Waals surface area contributed by atoms with E-state index in [0.717, 1.165) is 42.6 Å². The zero-order chi connectivity index (χ0) is 26.9. The van der Waals surface area contributed by atoms with Gasteiger partial charge in [-0.05, 0) is 25.7 Å². The van der Waals surface area contributed by atoms with E-state index in [9.17, 15) is 13.2 Å². The predicted octanol–water partition coefficient (Wildman–Crippen LogP) is 2.69. The second kappa shape index (κ2) is 10.5. The summed E-state index contributed by atoms with van der Waals surface area (Å²) in [7, 11) is -3.39. The third kappa shape index (κ3) is 4.97. The number of nitrogens with zero attached hydrogens (tertiary/aromatic N) is 8. The quantitative estimate of drug-likeness (QED) is 0.318. The molecule has 0 atom stereocenters. The fourth-order valence-electron chi connectivity index (χ4n) is 4.24. The lowest BCUT2D eigenvalue weighted by molar-refractivity contribution is 0.596. The van der Waals surface area contributed by atoms with Crippen molar-refractivity contribution < 1.29 is 8.42 Å². The molecule has 5 rings (SSSR count). The lowest BCUT2D eigenvalue weighted by Gasteiger charge is -2.14. The van der Waals surface area contributed by atoms with Gasteiger partial charge in [0.05, 0.1) is 35.4 Å². The number of aryl methyl sites for hydroxylation is 2. The van der Waals surface area contributed by atoms with E-state index in [-0.39, 0.29) is 28.6 Å². The zero-order valence-electron chi connectivity index (χ0n) is 21.5. The number of hydrogen-bond donors (Lipinski definition) is 1. The largest absolute Gasteiger partial charge is 0.358 e. The smallest absolute Gasteiger partial charge is 0.294 e. The Hall–Kier alpha value is -3.87. The molecule has 1 aliphatic rings. The van der Waals surface area contributed by atoms with Crippen LogP contribution in [0.4, 0.5) is 5.82 Å². The molecule has 4 aromatic heterocycles. The molecule has 0 radical (unpaired) electrons. The number of hydrogen-bond acceptors (Lipinski definition) is 11. The van der Waals surface area contributed by atoms with Crippen LogP contribution in [0, 0.1) is 0 Å². The van der Waals surface area contributed by atoms with Crippen LogP contribution in [-0.4, -0.2) is 53.6 Å². The van der Waals surface area contributed by atoms with E-state index in [1.165, 1.54) is 12.4 Å². The standard InChI is InChI=1S/C25H29N9O3S/c1-4-9-34-24-18(12-28-22(33-24)20-17(5-2)30-14-31-21(20)15-7-8-15)32-23(25(34)35)29-13-19-26-10-16(11-27-19)38(36,37)6-3/h10-12,14-15H,4-9,13H2,1-3H3,(H,29,32). The summed E-state index contributed by atoms with van der Waals surface area (Å²) in [4.78, 5) is 44.6. The van der Waals surface area contributed by atoms with Gasteiger partial charge < -0.3 is 5.32 Å². The summed E-state index contributed by atoms with van der Waals surface area (Å²) in [5, 5.41) is 2.99. The molecular weight excluding hydrogens is 506 g/mol. The minimum atomic E-state index is -3.39. The number of fused-ring (bicyclic) bond motifs is 1. The average Bonchev–Trinajstić information content (AvgIpc) is 3.79. The van der Waals surface area contributed by atoms with E-state index in [1.807, 2.05) is 13.8 Å². The Kier molecular flexibility index (Phi) is 7.11. The highest BCUT2D eigenvalue weighted by Gasteiger charge is 2.30. The molecule has 1 saturated carbocycles. The monoisotopic (exact) mass is 535 g/mol. The third-order valence-corrected chi connectivity index (χ3v) is 8.13. The number of sulfone groups is 1. The Morgan fingerprint density at radius 1 is 1.00 bits per heavy atom. The second-order valence-electron chi connectivity index (χ2n) is 9.12. The summed E-state index contributed by atoms with van der Waals surface area (Å²) in [6.07, 6.45) is 9.37. The molecule has 0 spiro atoms. The van der Waals surface area contributed by atoms with Gasteiger partial charge in [0, 0.05) is 24.9 Å².